The summed E-state index contributed by atoms with van der Waals surface area (Å²) in [7, 11) is 0. The van der Waals surface area contributed by atoms with Crippen LogP contribution in [-0.2, 0) is 0 Å². The molecule has 23 rings (SSSR count). The summed E-state index contributed by atoms with van der Waals surface area (Å²) in [6.07, 6.45) is 0. The fraction of sp³-hybridized carbons (Fsp3) is 0. The van der Waals surface area contributed by atoms with Crippen LogP contribution in [0.5, 0.6) is 0 Å². The number of para-hydroxylation sites is 2. The first kappa shape index (κ1) is 64.5. The maximum atomic E-state index is 6.80. The van der Waals surface area contributed by atoms with Crippen LogP contribution in [0, 0.1) is 0 Å². The molecule has 522 valence electrons. The van der Waals surface area contributed by atoms with Crippen LogP contribution in [0.1, 0.15) is 0 Å². The molecule has 0 aliphatic heterocycles. The van der Waals surface area contributed by atoms with Gasteiger partial charge in [0, 0.05) is 75.7 Å². The Kier molecular flexibility index (Phi) is 15.3. The quantitative estimate of drug-likeness (QED) is 0.136. The summed E-state index contributed by atoms with van der Waals surface area (Å²) < 4.78 is 12.8. The Morgan fingerprint density at radius 3 is 1.21 bits per heavy atom. The molecule has 0 amide bonds. The molecule has 17 aromatic carbocycles. The lowest BCUT2D eigenvalue weighted by Crippen LogP contribution is -1.98. The molecule has 0 bridgehead atoms. The van der Waals surface area contributed by atoms with E-state index in [4.69, 9.17) is 24.4 Å². The van der Waals surface area contributed by atoms with Gasteiger partial charge in [0.15, 0.2) is 11.6 Å². The highest BCUT2D eigenvalue weighted by Gasteiger charge is 2.26. The molecule has 23 aromatic rings. The van der Waals surface area contributed by atoms with Gasteiger partial charge in [0.1, 0.15) is 10.4 Å². The largest absolute Gasteiger partial charge is 0.438 e. The van der Waals surface area contributed by atoms with Crippen LogP contribution in [0.15, 0.2) is 393 Å². The summed E-state index contributed by atoms with van der Waals surface area (Å²) in [5.74, 6) is 1.34. The molecule has 8 heteroatoms. The summed E-state index contributed by atoms with van der Waals surface area (Å²) in [5.41, 5.74) is 23.4. The Morgan fingerprint density at radius 2 is 0.661 bits per heavy atom. The van der Waals surface area contributed by atoms with E-state index in [1.807, 2.05) is 6.07 Å². The molecule has 0 atom stereocenters. The minimum absolute atomic E-state index is 0.561. The molecule has 0 aliphatic rings. The Morgan fingerprint density at radius 1 is 0.241 bits per heavy atom. The highest BCUT2D eigenvalue weighted by Crippen LogP contribution is 2.48. The number of rotatable bonds is 10. The summed E-state index contributed by atoms with van der Waals surface area (Å²) in [6.45, 7) is 0. The van der Waals surface area contributed by atoms with Gasteiger partial charge in [-0.1, -0.05) is 291 Å². The van der Waals surface area contributed by atoms with Crippen molar-refractivity contribution in [2.75, 3.05) is 0 Å². The maximum absolute atomic E-state index is 6.80. The summed E-state index contributed by atoms with van der Waals surface area (Å²) in [5, 5.41) is 16.2. The third-order valence-electron chi connectivity index (χ3n) is 22.2. The van der Waals surface area contributed by atoms with Crippen LogP contribution >= 0.6 is 11.3 Å². The number of fused-ring (bicyclic) bond motifs is 15. The Hall–Kier alpha value is -14.7. The number of hydrogen-bond donors (Lipinski definition) is 0. The van der Waals surface area contributed by atoms with E-state index in [0.717, 1.165) is 110 Å². The fourth-order valence-electron chi connectivity index (χ4n) is 17.0. The van der Waals surface area contributed by atoms with Gasteiger partial charge in [-0.15, -0.1) is 11.3 Å². The van der Waals surface area contributed by atoms with Gasteiger partial charge in [-0.25, -0.2) is 15.0 Å². The summed E-state index contributed by atoms with van der Waals surface area (Å²) in [4.78, 5) is 22.4. The zero-order chi connectivity index (χ0) is 73.7. The van der Waals surface area contributed by atoms with Gasteiger partial charge in [0.05, 0.1) is 44.5 Å². The predicted octanol–water partition coefficient (Wildman–Crippen LogP) is 28.2. The average Bonchev–Trinajstić information content (AvgIpc) is 1.56. The number of aromatic nitrogens is 6. The van der Waals surface area contributed by atoms with Gasteiger partial charge >= 0.3 is 0 Å². The molecular weight excluding hydrogens is 1380 g/mol. The van der Waals surface area contributed by atoms with Crippen molar-refractivity contribution in [3.05, 3.63) is 388 Å². The first-order valence-electron chi connectivity index (χ1n) is 37.9. The van der Waals surface area contributed by atoms with Gasteiger partial charge in [-0.2, -0.15) is 4.98 Å². The van der Waals surface area contributed by atoms with E-state index >= 15 is 0 Å². The molecular formula is C104H64N6OS. The lowest BCUT2D eigenvalue weighted by Gasteiger charge is -2.15. The van der Waals surface area contributed by atoms with Crippen molar-refractivity contribution in [2.24, 2.45) is 0 Å². The smallest absolute Gasteiger partial charge is 0.231 e. The SMILES string of the molecule is c1ccc(-c2cc3oc4nc(-c5ccc(-n6c7ccccc7c7cc8ccccc8cc76)c6ccccc56)nc(-c5ccccc5)c4c3cc2-c2ccccc2)cc1.c1ccc(-c2cc3sc4nc(-c5ccc(-n6c7ccccc7c7cc8ccccc8cc76)cc5)nc(-c5ccccc5)c4c3cc2-c2ccccc2)cc1. The second-order valence-corrected chi connectivity index (χ2v) is 29.7. The minimum Gasteiger partial charge on any atom is -0.438 e. The van der Waals surface area contributed by atoms with Crippen LogP contribution < -0.4 is 0 Å². The molecule has 0 aliphatic carbocycles. The summed E-state index contributed by atoms with van der Waals surface area (Å²) >= 11 is 1.74. The number of hydrogen-bond acceptors (Lipinski definition) is 6. The molecule has 0 saturated carbocycles. The van der Waals surface area contributed by atoms with E-state index in [1.165, 1.54) is 97.5 Å². The topological polar surface area (TPSA) is 74.6 Å². The summed E-state index contributed by atoms with van der Waals surface area (Å²) in [6, 6.07) is 138. The van der Waals surface area contributed by atoms with Gasteiger partial charge < -0.3 is 13.6 Å². The highest BCUT2D eigenvalue weighted by molar-refractivity contribution is 7.25. The molecule has 0 N–H and O–H groups in total. The second kappa shape index (κ2) is 26.6. The first-order valence-corrected chi connectivity index (χ1v) is 38.7. The normalized spacial score (nSPS) is 11.8. The molecule has 0 fully saturated rings. The number of benzene rings is 17. The van der Waals surface area contributed by atoms with E-state index in [9.17, 15) is 0 Å². The molecule has 112 heavy (non-hydrogen) atoms. The molecule has 7 nitrogen and oxygen atoms in total. The fourth-order valence-corrected chi connectivity index (χ4v) is 18.1. The number of thiophene rings is 1. The van der Waals surface area contributed by atoms with Gasteiger partial charge in [0.25, 0.3) is 0 Å². The first-order chi connectivity index (χ1) is 55.5. The zero-order valence-corrected chi connectivity index (χ0v) is 61.3. The Labute approximate surface area is 648 Å². The molecule has 0 spiro atoms. The predicted molar refractivity (Wildman–Crippen MR) is 469 cm³/mol. The minimum atomic E-state index is 0.561. The number of nitrogens with zero attached hydrogens (tertiary/aromatic N) is 6. The lowest BCUT2D eigenvalue weighted by atomic mass is 9.92. The highest BCUT2D eigenvalue weighted by atomic mass is 32.1. The van der Waals surface area contributed by atoms with Crippen LogP contribution in [0.4, 0.5) is 0 Å². The monoisotopic (exact) mass is 1440 g/mol. The van der Waals surface area contributed by atoms with E-state index in [2.05, 4.69) is 391 Å². The van der Waals surface area contributed by atoms with Crippen molar-refractivity contribution in [1.82, 2.24) is 29.1 Å². The molecule has 6 heterocycles. The van der Waals surface area contributed by atoms with E-state index < -0.39 is 0 Å². The third kappa shape index (κ3) is 10.9. The molecule has 0 radical (unpaired) electrons. The van der Waals surface area contributed by atoms with Gasteiger partial charge in [-0.3, -0.25) is 0 Å². The van der Waals surface area contributed by atoms with Crippen LogP contribution in [-0.4, -0.2) is 29.1 Å². The molecule has 6 aromatic heterocycles. The Balaban J connectivity index is 0.000000138. The Bertz CT molecular complexity index is 7650. The van der Waals surface area contributed by atoms with Crippen molar-refractivity contribution in [3.63, 3.8) is 0 Å². The van der Waals surface area contributed by atoms with Gasteiger partial charge in [-0.05, 0) is 169 Å². The zero-order valence-electron chi connectivity index (χ0n) is 60.5. The van der Waals surface area contributed by atoms with Crippen molar-refractivity contribution in [2.45, 2.75) is 0 Å². The van der Waals surface area contributed by atoms with Crippen molar-refractivity contribution < 1.29 is 4.42 Å². The van der Waals surface area contributed by atoms with Crippen molar-refractivity contribution in [1.29, 1.82) is 0 Å². The number of furan rings is 1. The molecule has 0 saturated heterocycles. The van der Waals surface area contributed by atoms with E-state index in [0.29, 0.717) is 11.5 Å². The van der Waals surface area contributed by atoms with E-state index in [1.54, 1.807) is 11.3 Å². The van der Waals surface area contributed by atoms with Gasteiger partial charge in [0.2, 0.25) is 5.71 Å². The standard InChI is InChI=1S/C54H33N3O.C50H31N3S/c1-4-16-34(17-5-1)43-32-46-50(33-44(43)35-18-6-2-7-19-35)58-54-51(46)52(36-20-8-3-9-21-36)55-53(56-54)42-28-29-48(40-25-13-12-24-39(40)42)57-47-27-15-14-26-41(47)45-30-37-22-10-11-23-38(37)31-49(45)57;1-4-14-32(15-5-1)40-30-43-46(31-41(40)33-16-6-2-7-17-33)54-50-47(43)48(34-18-8-3-9-19-34)51-49(52-50)35-24-26-38(27-25-35)53-44-23-13-12-22-39(44)42-28-36-20-10-11-21-37(36)29-45(42)53/h1-33H;1-31H. The van der Waals surface area contributed by atoms with Crippen LogP contribution in [0.25, 0.3) is 219 Å². The van der Waals surface area contributed by atoms with Crippen LogP contribution in [0.3, 0.4) is 0 Å². The average molecular weight is 1450 g/mol. The second-order valence-electron chi connectivity index (χ2n) is 28.7. The van der Waals surface area contributed by atoms with Crippen molar-refractivity contribution in [3.8, 4) is 101 Å². The lowest BCUT2D eigenvalue weighted by molar-refractivity contribution is 0.654. The maximum Gasteiger partial charge on any atom is 0.231 e. The molecule has 0 unspecified atom stereocenters. The third-order valence-corrected chi connectivity index (χ3v) is 23.3. The van der Waals surface area contributed by atoms with Crippen LogP contribution in [0.2, 0.25) is 0 Å². The van der Waals surface area contributed by atoms with Crippen molar-refractivity contribution >= 4 is 130 Å². The van der Waals surface area contributed by atoms with E-state index in [-0.39, 0.29) is 0 Å².